The van der Waals surface area contributed by atoms with Crippen LogP contribution < -0.4 is 4.90 Å². The third-order valence-electron chi connectivity index (χ3n) is 6.38. The molecule has 1 atom stereocenters. The van der Waals surface area contributed by atoms with Crippen LogP contribution in [0.2, 0.25) is 25.7 Å². The molecular formula is C23H37N5O3Si. The molecule has 8 nitrogen and oxygen atoms in total. The highest BCUT2D eigenvalue weighted by molar-refractivity contribution is 6.76. The maximum absolute atomic E-state index is 12.7. The van der Waals surface area contributed by atoms with Crippen molar-refractivity contribution >= 4 is 31.0 Å². The first-order chi connectivity index (χ1) is 15.0. The molecule has 32 heavy (non-hydrogen) atoms. The Balaban J connectivity index is 1.45. The van der Waals surface area contributed by atoms with Gasteiger partial charge in [-0.3, -0.25) is 0 Å². The van der Waals surface area contributed by atoms with E-state index in [0.717, 1.165) is 62.0 Å². The van der Waals surface area contributed by atoms with Gasteiger partial charge in [-0.25, -0.2) is 14.8 Å². The van der Waals surface area contributed by atoms with E-state index >= 15 is 0 Å². The fourth-order valence-corrected chi connectivity index (χ4v) is 5.25. The SMILES string of the molecule is CC(C)(C)OC(=O)N1CCC12CCN(c1ncnc3c1ccn3COCC[Si](C)(C)C)C2. The summed E-state index contributed by atoms with van der Waals surface area (Å²) in [5.74, 6) is 0.934. The summed E-state index contributed by atoms with van der Waals surface area (Å²) in [6.45, 7) is 16.5. The number of carbonyl (C=O) groups is 1. The van der Waals surface area contributed by atoms with E-state index in [1.807, 2.05) is 36.4 Å². The minimum absolute atomic E-state index is 0.151. The molecule has 1 spiro atoms. The van der Waals surface area contributed by atoms with Crippen LogP contribution in [0, 0.1) is 0 Å². The second-order valence-corrected chi connectivity index (χ2v) is 17.0. The van der Waals surface area contributed by atoms with E-state index in [1.54, 1.807) is 6.33 Å². The smallest absolute Gasteiger partial charge is 0.410 e. The molecule has 2 aliphatic heterocycles. The third-order valence-corrected chi connectivity index (χ3v) is 8.08. The summed E-state index contributed by atoms with van der Waals surface area (Å²) in [6.07, 6.45) is 5.38. The predicted molar refractivity (Wildman–Crippen MR) is 129 cm³/mol. The minimum atomic E-state index is -1.10. The van der Waals surface area contributed by atoms with Gasteiger partial charge in [0.2, 0.25) is 0 Å². The van der Waals surface area contributed by atoms with Crippen molar-refractivity contribution in [1.82, 2.24) is 19.4 Å². The van der Waals surface area contributed by atoms with Gasteiger partial charge in [-0.1, -0.05) is 19.6 Å². The fourth-order valence-electron chi connectivity index (χ4n) is 4.49. The molecule has 1 amide bonds. The zero-order valence-electron chi connectivity index (χ0n) is 20.3. The first kappa shape index (κ1) is 23.0. The maximum atomic E-state index is 12.7. The number of likely N-dealkylation sites (tertiary alicyclic amines) is 1. The van der Waals surface area contributed by atoms with Crippen molar-refractivity contribution in [1.29, 1.82) is 0 Å². The highest BCUT2D eigenvalue weighted by atomic mass is 28.3. The lowest BCUT2D eigenvalue weighted by Crippen LogP contribution is -2.64. The number of hydrogen-bond acceptors (Lipinski definition) is 6. The average molecular weight is 460 g/mol. The van der Waals surface area contributed by atoms with E-state index < -0.39 is 13.7 Å². The molecule has 1 unspecified atom stereocenters. The molecule has 4 heterocycles. The predicted octanol–water partition coefficient (Wildman–Crippen LogP) is 4.33. The van der Waals surface area contributed by atoms with Crippen LogP contribution in [-0.2, 0) is 16.2 Å². The summed E-state index contributed by atoms with van der Waals surface area (Å²) in [6, 6.07) is 3.22. The molecule has 0 bridgehead atoms. The van der Waals surface area contributed by atoms with Crippen molar-refractivity contribution in [3.8, 4) is 0 Å². The Morgan fingerprint density at radius 3 is 2.59 bits per heavy atom. The summed E-state index contributed by atoms with van der Waals surface area (Å²) in [7, 11) is -1.10. The molecule has 2 fully saturated rings. The zero-order chi connectivity index (χ0) is 23.1. The topological polar surface area (TPSA) is 72.7 Å². The quantitative estimate of drug-likeness (QED) is 0.473. The fraction of sp³-hybridized carbons (Fsp3) is 0.696. The van der Waals surface area contributed by atoms with Crippen LogP contribution in [0.3, 0.4) is 0 Å². The molecule has 9 heteroatoms. The Morgan fingerprint density at radius 2 is 1.94 bits per heavy atom. The lowest BCUT2D eigenvalue weighted by Gasteiger charge is -2.50. The van der Waals surface area contributed by atoms with Crippen LogP contribution in [0.1, 0.15) is 33.6 Å². The van der Waals surface area contributed by atoms with Gasteiger partial charge in [0, 0.05) is 40.5 Å². The van der Waals surface area contributed by atoms with Gasteiger partial charge in [-0.2, -0.15) is 0 Å². The highest BCUT2D eigenvalue weighted by Gasteiger charge is 2.53. The summed E-state index contributed by atoms with van der Waals surface area (Å²) in [4.78, 5) is 26.0. The molecule has 2 aromatic rings. The Hall–Kier alpha value is -2.13. The van der Waals surface area contributed by atoms with Crippen molar-refractivity contribution in [3.63, 3.8) is 0 Å². The van der Waals surface area contributed by atoms with Crippen LogP contribution in [-0.4, -0.2) is 71.0 Å². The standard InChI is InChI=1S/C23H37N5O3Si/c1-22(2,3)31-21(29)28-12-9-23(28)8-11-26(15-23)19-18-7-10-27(20(18)25-16-24-19)17-30-13-14-32(4,5)6/h7,10,16H,8-9,11-15,17H2,1-6H3. The number of rotatable bonds is 6. The molecule has 176 valence electrons. The molecule has 0 radical (unpaired) electrons. The molecule has 4 rings (SSSR count). The third kappa shape index (κ3) is 4.78. The van der Waals surface area contributed by atoms with Crippen LogP contribution in [0.15, 0.2) is 18.6 Å². The van der Waals surface area contributed by atoms with Gasteiger partial charge in [-0.15, -0.1) is 0 Å². The molecular weight excluding hydrogens is 422 g/mol. The number of fused-ring (bicyclic) bond motifs is 1. The number of hydrogen-bond donors (Lipinski definition) is 0. The summed E-state index contributed by atoms with van der Waals surface area (Å²) >= 11 is 0. The molecule has 0 N–H and O–H groups in total. The Bertz CT molecular complexity index is 980. The van der Waals surface area contributed by atoms with E-state index in [9.17, 15) is 4.79 Å². The molecule has 2 aliphatic rings. The van der Waals surface area contributed by atoms with Crippen molar-refractivity contribution in [2.24, 2.45) is 0 Å². The molecule has 2 aromatic heterocycles. The van der Waals surface area contributed by atoms with Crippen molar-refractivity contribution in [2.75, 3.05) is 31.1 Å². The highest BCUT2D eigenvalue weighted by Crippen LogP contribution is 2.42. The Labute approximate surface area is 191 Å². The van der Waals surface area contributed by atoms with Gasteiger partial charge in [0.05, 0.1) is 10.9 Å². The number of amides is 1. The molecule has 0 aromatic carbocycles. The molecule has 0 aliphatic carbocycles. The van der Waals surface area contributed by atoms with Gasteiger partial charge in [0.1, 0.15) is 30.1 Å². The zero-order valence-corrected chi connectivity index (χ0v) is 21.3. The van der Waals surface area contributed by atoms with Gasteiger partial charge in [0.25, 0.3) is 0 Å². The number of carbonyl (C=O) groups excluding carboxylic acids is 1. The minimum Gasteiger partial charge on any atom is -0.444 e. The second-order valence-electron chi connectivity index (χ2n) is 11.3. The maximum Gasteiger partial charge on any atom is 0.410 e. The second kappa shape index (κ2) is 8.33. The van der Waals surface area contributed by atoms with E-state index in [4.69, 9.17) is 9.47 Å². The van der Waals surface area contributed by atoms with Crippen LogP contribution >= 0.6 is 0 Å². The van der Waals surface area contributed by atoms with Crippen LogP contribution in [0.5, 0.6) is 0 Å². The number of nitrogens with zero attached hydrogens (tertiary/aromatic N) is 5. The Morgan fingerprint density at radius 1 is 1.19 bits per heavy atom. The van der Waals surface area contributed by atoms with E-state index in [-0.39, 0.29) is 11.6 Å². The number of anilines is 1. The van der Waals surface area contributed by atoms with Gasteiger partial charge in [0.15, 0.2) is 0 Å². The molecule has 0 saturated carbocycles. The summed E-state index contributed by atoms with van der Waals surface area (Å²) in [5.41, 5.74) is 0.259. The van der Waals surface area contributed by atoms with E-state index in [1.165, 1.54) is 0 Å². The average Bonchev–Trinajstić information content (AvgIpc) is 3.28. The molecule has 2 saturated heterocycles. The summed E-state index contributed by atoms with van der Waals surface area (Å²) < 4.78 is 13.6. The van der Waals surface area contributed by atoms with Gasteiger partial charge in [-0.05, 0) is 45.7 Å². The van der Waals surface area contributed by atoms with E-state index in [0.29, 0.717) is 6.73 Å². The van der Waals surface area contributed by atoms with Crippen molar-refractivity contribution in [3.05, 3.63) is 18.6 Å². The first-order valence-corrected chi connectivity index (χ1v) is 15.3. The Kier molecular flexibility index (Phi) is 6.00. The van der Waals surface area contributed by atoms with Crippen molar-refractivity contribution < 1.29 is 14.3 Å². The monoisotopic (exact) mass is 459 g/mol. The van der Waals surface area contributed by atoms with E-state index in [2.05, 4.69) is 40.6 Å². The number of ether oxygens (including phenoxy) is 2. The summed E-state index contributed by atoms with van der Waals surface area (Å²) in [5, 5.41) is 1.03. The largest absolute Gasteiger partial charge is 0.444 e. The lowest BCUT2D eigenvalue weighted by atomic mass is 9.84. The van der Waals surface area contributed by atoms with Gasteiger partial charge >= 0.3 is 6.09 Å². The van der Waals surface area contributed by atoms with Crippen molar-refractivity contribution in [2.45, 2.75) is 77.2 Å². The first-order valence-electron chi connectivity index (χ1n) is 11.6. The van der Waals surface area contributed by atoms with Gasteiger partial charge < -0.3 is 23.8 Å². The number of aromatic nitrogens is 3. The van der Waals surface area contributed by atoms with Crippen LogP contribution in [0.4, 0.5) is 10.6 Å². The lowest BCUT2D eigenvalue weighted by molar-refractivity contribution is -0.0362. The van der Waals surface area contributed by atoms with Crippen LogP contribution in [0.25, 0.3) is 11.0 Å². The normalized spacial score (nSPS) is 21.4.